The fourth-order valence-corrected chi connectivity index (χ4v) is 13.7. The van der Waals surface area contributed by atoms with Gasteiger partial charge < -0.3 is 4.74 Å². The predicted molar refractivity (Wildman–Crippen MR) is 149 cm³/mol. The average Bonchev–Trinajstić information content (AvgIpc) is 3.46. The van der Waals surface area contributed by atoms with Crippen LogP contribution in [0.3, 0.4) is 0 Å². The Morgan fingerprint density at radius 2 is 1.71 bits per heavy atom. The van der Waals surface area contributed by atoms with Crippen molar-refractivity contribution < 1.29 is 4.74 Å². The number of hydrogen-bond donors (Lipinski definition) is 0. The zero-order valence-electron chi connectivity index (χ0n) is 20.4. The molecule has 0 spiro atoms. The van der Waals surface area contributed by atoms with Crippen LogP contribution in [0.1, 0.15) is 44.7 Å². The highest BCUT2D eigenvalue weighted by atomic mass is 32.4. The largest absolute Gasteiger partial charge is 0.478 e. The van der Waals surface area contributed by atoms with Crippen molar-refractivity contribution in [2.24, 2.45) is 16.3 Å². The number of nitrogens with zero attached hydrogens (tertiary/aromatic N) is 1. The molecule has 174 valence electrons. The van der Waals surface area contributed by atoms with Gasteiger partial charge in [-0.2, -0.15) is 0 Å². The molecule has 2 nitrogen and oxygen atoms in total. The Labute approximate surface area is 208 Å². The Bertz CT molecular complexity index is 1390. The van der Waals surface area contributed by atoms with Gasteiger partial charge in [-0.05, 0) is 58.3 Å². The van der Waals surface area contributed by atoms with Crippen molar-refractivity contribution in [3.63, 3.8) is 0 Å². The second kappa shape index (κ2) is 7.90. The Morgan fingerprint density at radius 1 is 1.00 bits per heavy atom. The molecule has 0 aromatic heterocycles. The molecule has 2 bridgehead atoms. The predicted octanol–water partition coefficient (Wildman–Crippen LogP) is 7.69. The van der Waals surface area contributed by atoms with Crippen molar-refractivity contribution in [2.75, 3.05) is 12.8 Å². The van der Waals surface area contributed by atoms with Crippen LogP contribution in [-0.2, 0) is 16.5 Å². The molecule has 0 N–H and O–H groups in total. The van der Waals surface area contributed by atoms with Crippen LogP contribution in [0.4, 0.5) is 0 Å². The highest BCUT2D eigenvalue weighted by Crippen LogP contribution is 2.83. The third kappa shape index (κ3) is 3.13. The van der Waals surface area contributed by atoms with Crippen molar-refractivity contribution in [1.29, 1.82) is 0 Å². The smallest absolute Gasteiger partial charge is 0.193 e. The number of hydrogen-bond acceptors (Lipinski definition) is 3. The summed E-state index contributed by atoms with van der Waals surface area (Å²) in [5.74, 6) is 1.72. The lowest BCUT2D eigenvalue weighted by Gasteiger charge is -2.40. The molecule has 34 heavy (non-hydrogen) atoms. The average molecular weight is 486 g/mol. The Hall–Kier alpha value is -2.22. The maximum absolute atomic E-state index is 6.82. The third-order valence-electron chi connectivity index (χ3n) is 8.50. The monoisotopic (exact) mass is 485 g/mol. The van der Waals surface area contributed by atoms with Crippen molar-refractivity contribution >= 4 is 39.8 Å². The van der Waals surface area contributed by atoms with Gasteiger partial charge in [-0.1, -0.05) is 105 Å². The van der Waals surface area contributed by atoms with Crippen LogP contribution in [0.25, 0.3) is 16.1 Å². The highest BCUT2D eigenvalue weighted by Gasteiger charge is 2.64. The second-order valence-electron chi connectivity index (χ2n) is 10.8. The fourth-order valence-electron chi connectivity index (χ4n) is 6.61. The molecule has 3 aliphatic rings. The number of rotatable bonds is 4. The van der Waals surface area contributed by atoms with E-state index in [4.69, 9.17) is 21.5 Å². The normalized spacial score (nSPS) is 32.5. The zero-order valence-corrected chi connectivity index (χ0v) is 22.1. The number of aliphatic imine (C=N–C) groups is 1. The molecule has 0 unspecified atom stereocenters. The highest BCUT2D eigenvalue weighted by molar-refractivity contribution is 8.20. The SMILES string of the molecule is CC1=C(c2ccc3ccccc3c2)[P@]2(=S)C[C@]1(C)[C@@H](c1ccccc1)[C@H]2C1=N[C@@H](C(C)C)CO1. The molecule has 5 atom stereocenters. The van der Waals surface area contributed by atoms with E-state index in [0.717, 1.165) is 12.1 Å². The summed E-state index contributed by atoms with van der Waals surface area (Å²) >= 11 is 6.82. The maximum atomic E-state index is 6.82. The van der Waals surface area contributed by atoms with Crippen molar-refractivity contribution in [2.45, 2.75) is 45.3 Å². The van der Waals surface area contributed by atoms with Crippen LogP contribution < -0.4 is 0 Å². The fraction of sp³-hybridized carbons (Fsp3) is 0.367. The Kier molecular flexibility index (Phi) is 5.17. The van der Waals surface area contributed by atoms with Crippen molar-refractivity contribution in [3.8, 4) is 0 Å². The summed E-state index contributed by atoms with van der Waals surface area (Å²) < 4.78 is 6.40. The summed E-state index contributed by atoms with van der Waals surface area (Å²) in [6, 6.07) is 24.8. The zero-order chi connectivity index (χ0) is 23.7. The molecule has 6 rings (SSSR count). The van der Waals surface area contributed by atoms with E-state index in [9.17, 15) is 0 Å². The van der Waals surface area contributed by atoms with Gasteiger partial charge in [0.25, 0.3) is 0 Å². The van der Waals surface area contributed by atoms with Crippen LogP contribution >= 0.6 is 6.04 Å². The summed E-state index contributed by atoms with van der Waals surface area (Å²) in [5, 5.41) is 3.99. The minimum absolute atomic E-state index is 0.0182. The van der Waals surface area contributed by atoms with E-state index in [1.807, 2.05) is 0 Å². The number of fused-ring (bicyclic) bond motifs is 3. The molecule has 0 aliphatic carbocycles. The molecule has 1 fully saturated rings. The van der Waals surface area contributed by atoms with Crippen LogP contribution in [0.5, 0.6) is 0 Å². The van der Waals surface area contributed by atoms with Gasteiger partial charge in [0.2, 0.25) is 0 Å². The molecular weight excluding hydrogens is 453 g/mol. The van der Waals surface area contributed by atoms with Crippen LogP contribution in [-0.4, -0.2) is 30.4 Å². The number of allylic oxidation sites excluding steroid dienone is 1. The first-order chi connectivity index (χ1) is 16.3. The van der Waals surface area contributed by atoms with E-state index < -0.39 is 6.04 Å². The number of ether oxygens (including phenoxy) is 1. The first-order valence-corrected chi connectivity index (χ1v) is 15.4. The summed E-state index contributed by atoms with van der Waals surface area (Å²) in [5.41, 5.74) is 4.35. The molecule has 3 aromatic carbocycles. The topological polar surface area (TPSA) is 21.6 Å². The van der Waals surface area contributed by atoms with E-state index in [-0.39, 0.29) is 17.1 Å². The van der Waals surface area contributed by atoms with Gasteiger partial charge >= 0.3 is 0 Å². The van der Waals surface area contributed by atoms with Crippen LogP contribution in [0.15, 0.2) is 83.4 Å². The van der Waals surface area contributed by atoms with E-state index in [2.05, 4.69) is 100 Å². The molecule has 0 amide bonds. The molecule has 3 aliphatic heterocycles. The van der Waals surface area contributed by atoms with Crippen molar-refractivity contribution in [1.82, 2.24) is 0 Å². The summed E-state index contributed by atoms with van der Waals surface area (Å²) in [6.45, 7) is 9.95. The lowest BCUT2D eigenvalue weighted by Crippen LogP contribution is -2.35. The van der Waals surface area contributed by atoms with Crippen LogP contribution in [0, 0.1) is 11.3 Å². The molecule has 0 radical (unpaired) electrons. The van der Waals surface area contributed by atoms with E-state index in [1.165, 1.54) is 32.8 Å². The number of benzene rings is 3. The molecule has 3 aromatic rings. The first-order valence-electron chi connectivity index (χ1n) is 12.4. The third-order valence-corrected chi connectivity index (χ3v) is 14.0. The van der Waals surface area contributed by atoms with E-state index >= 15 is 0 Å². The van der Waals surface area contributed by atoms with Crippen LogP contribution in [0.2, 0.25) is 0 Å². The first kappa shape index (κ1) is 22.3. The molecule has 3 heterocycles. The van der Waals surface area contributed by atoms with E-state index in [1.54, 1.807) is 0 Å². The maximum Gasteiger partial charge on any atom is 0.193 e. The van der Waals surface area contributed by atoms with Gasteiger partial charge in [-0.3, -0.25) is 0 Å². The summed E-state index contributed by atoms with van der Waals surface area (Å²) in [4.78, 5) is 5.18. The van der Waals surface area contributed by atoms with Gasteiger partial charge in [0.15, 0.2) is 5.90 Å². The minimum Gasteiger partial charge on any atom is -0.478 e. The van der Waals surface area contributed by atoms with Gasteiger partial charge in [0.05, 0.1) is 11.7 Å². The van der Waals surface area contributed by atoms with Gasteiger partial charge in [-0.25, -0.2) is 4.99 Å². The molecule has 1 saturated heterocycles. The lowest BCUT2D eigenvalue weighted by atomic mass is 9.68. The van der Waals surface area contributed by atoms with E-state index in [0.29, 0.717) is 18.4 Å². The summed E-state index contributed by atoms with van der Waals surface area (Å²) in [6.07, 6.45) is 1.06. The van der Waals surface area contributed by atoms with Gasteiger partial charge in [0.1, 0.15) is 6.61 Å². The standard InChI is InChI=1S/C30H32NOPS/c1-19(2)25-17-32-29(31-25)28-26(22-11-6-5-7-12-22)30(4)18-33(28,34)27(20(30)3)24-15-14-21-10-8-9-13-23(21)16-24/h5-16,19,25-26,28H,17-18H2,1-4H3/t25-,26+,28+,30+,33-/m1/s1. The Morgan fingerprint density at radius 3 is 2.41 bits per heavy atom. The summed E-state index contributed by atoms with van der Waals surface area (Å²) in [7, 11) is 0. The van der Waals surface area contributed by atoms with Crippen molar-refractivity contribution in [3.05, 3.63) is 89.5 Å². The van der Waals surface area contributed by atoms with Gasteiger partial charge in [-0.15, -0.1) is 0 Å². The quantitative estimate of drug-likeness (QED) is 0.353. The lowest BCUT2D eigenvalue weighted by molar-refractivity contribution is 0.279. The molecule has 0 saturated carbocycles. The molecular formula is C30H32NOPS. The second-order valence-corrected chi connectivity index (χ2v) is 15.7. The van der Waals surface area contributed by atoms with Gasteiger partial charge in [0, 0.05) is 11.3 Å². The minimum atomic E-state index is -1.99. The molecule has 4 heteroatoms. The Balaban J connectivity index is 1.56.